The number of hydrogen-bond donors (Lipinski definition) is 0. The Kier molecular flexibility index (Phi) is 6.61. The number of para-hydroxylation sites is 5. The van der Waals surface area contributed by atoms with E-state index in [1.54, 1.807) is 6.07 Å². The molecule has 0 unspecified atom stereocenters. The second kappa shape index (κ2) is 11.8. The molecule has 0 aliphatic heterocycles. The minimum Gasteiger partial charge on any atom is -0.309 e. The first-order valence-electron chi connectivity index (χ1n) is 18.3. The fraction of sp³-hybridized carbons (Fsp3) is 0. The fourth-order valence-electron chi connectivity index (χ4n) is 8.83. The second-order valence-electron chi connectivity index (χ2n) is 14.0. The molecule has 0 atom stereocenters. The highest BCUT2D eigenvalue weighted by molar-refractivity contribution is 6.26. The minimum atomic E-state index is 0.444. The Hall–Kier alpha value is -7.86. The standard InChI is InChI=1S/C50H29N5/c51-30-32-28-34(31-52)49(55-44-19-9-4-14-37(44)38-15-5-10-20-45(38)55)42(29-32)33-22-24-36(25-23-33)54-43-18-8-6-16-39(43)40-26-27-47-48(50(40)54)41-17-7-11-21-46(41)53(47)35-12-2-1-3-13-35/h1-29H. The molecule has 3 heterocycles. The van der Waals surface area contributed by atoms with Crippen molar-refractivity contribution in [2.75, 3.05) is 0 Å². The normalized spacial score (nSPS) is 11.6. The molecule has 3 aromatic heterocycles. The molecule has 11 aromatic rings. The summed E-state index contributed by atoms with van der Waals surface area (Å²) >= 11 is 0. The summed E-state index contributed by atoms with van der Waals surface area (Å²) in [6.45, 7) is 0. The van der Waals surface area contributed by atoms with Crippen molar-refractivity contribution >= 4 is 65.4 Å². The predicted molar refractivity (Wildman–Crippen MR) is 224 cm³/mol. The van der Waals surface area contributed by atoms with Crippen LogP contribution in [0, 0.1) is 22.7 Å². The maximum absolute atomic E-state index is 10.6. The van der Waals surface area contributed by atoms with E-state index < -0.39 is 0 Å². The van der Waals surface area contributed by atoms with Gasteiger partial charge in [0.05, 0.1) is 56.0 Å². The number of benzene rings is 8. The van der Waals surface area contributed by atoms with E-state index in [4.69, 9.17) is 0 Å². The van der Waals surface area contributed by atoms with Crippen LogP contribution in [-0.2, 0) is 0 Å². The van der Waals surface area contributed by atoms with Gasteiger partial charge >= 0.3 is 0 Å². The molecule has 0 fully saturated rings. The van der Waals surface area contributed by atoms with Crippen molar-refractivity contribution in [2.24, 2.45) is 0 Å². The first kappa shape index (κ1) is 30.7. The number of rotatable bonds is 4. The number of hydrogen-bond acceptors (Lipinski definition) is 2. The molecule has 11 rings (SSSR count). The van der Waals surface area contributed by atoms with Gasteiger partial charge < -0.3 is 13.7 Å². The van der Waals surface area contributed by atoms with Crippen molar-refractivity contribution in [3.05, 3.63) is 187 Å². The molecule has 0 aliphatic carbocycles. The molecular weight excluding hydrogens is 671 g/mol. The van der Waals surface area contributed by atoms with E-state index in [1.807, 2.05) is 30.3 Å². The van der Waals surface area contributed by atoms with Gasteiger partial charge in [-0.15, -0.1) is 0 Å². The Morgan fingerprint density at radius 3 is 1.53 bits per heavy atom. The van der Waals surface area contributed by atoms with E-state index >= 15 is 0 Å². The molecule has 0 saturated heterocycles. The third-order valence-corrected chi connectivity index (χ3v) is 11.1. The van der Waals surface area contributed by atoms with Gasteiger partial charge in [0.2, 0.25) is 0 Å². The summed E-state index contributed by atoms with van der Waals surface area (Å²) < 4.78 is 6.93. The maximum atomic E-state index is 10.6. The average Bonchev–Trinajstić information content (AvgIpc) is 3.89. The van der Waals surface area contributed by atoms with Crippen molar-refractivity contribution in [1.82, 2.24) is 13.7 Å². The van der Waals surface area contributed by atoms with E-state index in [0.717, 1.165) is 72.1 Å². The summed E-state index contributed by atoms with van der Waals surface area (Å²) in [7, 11) is 0. The van der Waals surface area contributed by atoms with E-state index in [9.17, 15) is 10.5 Å². The SMILES string of the molecule is N#Cc1cc(C#N)c(-n2c3ccccc3c3ccccc32)c(-c2ccc(-n3c4ccccc4c4ccc5c(c6ccccc6n5-c5ccccc5)c43)cc2)c1. The highest BCUT2D eigenvalue weighted by Crippen LogP contribution is 2.43. The second-order valence-corrected chi connectivity index (χ2v) is 14.0. The lowest BCUT2D eigenvalue weighted by Gasteiger charge is -2.17. The van der Waals surface area contributed by atoms with Gasteiger partial charge in [0.25, 0.3) is 0 Å². The lowest BCUT2D eigenvalue weighted by Crippen LogP contribution is -2.02. The van der Waals surface area contributed by atoms with Crippen molar-refractivity contribution in [1.29, 1.82) is 10.5 Å². The molecule has 55 heavy (non-hydrogen) atoms. The predicted octanol–water partition coefficient (Wildman–Crippen LogP) is 12.4. The van der Waals surface area contributed by atoms with Crippen LogP contribution >= 0.6 is 0 Å². The summed E-state index contributed by atoms with van der Waals surface area (Å²) in [6.07, 6.45) is 0. The van der Waals surface area contributed by atoms with Gasteiger partial charge in [-0.3, -0.25) is 0 Å². The fourth-order valence-corrected chi connectivity index (χ4v) is 8.83. The molecule has 0 saturated carbocycles. The summed E-state index contributed by atoms with van der Waals surface area (Å²) in [5.41, 5.74) is 12.1. The van der Waals surface area contributed by atoms with Gasteiger partial charge in [-0.1, -0.05) is 109 Å². The molecule has 5 nitrogen and oxygen atoms in total. The average molecular weight is 700 g/mol. The first-order chi connectivity index (χ1) is 27.2. The van der Waals surface area contributed by atoms with Gasteiger partial charge in [-0.25, -0.2) is 0 Å². The zero-order chi connectivity index (χ0) is 36.6. The summed E-state index contributed by atoms with van der Waals surface area (Å²) in [5.74, 6) is 0. The Morgan fingerprint density at radius 1 is 0.382 bits per heavy atom. The van der Waals surface area contributed by atoms with Crippen LogP contribution in [0.1, 0.15) is 11.1 Å². The quantitative estimate of drug-likeness (QED) is 0.184. The van der Waals surface area contributed by atoms with Crippen molar-refractivity contribution < 1.29 is 0 Å². The molecular formula is C50H29N5. The van der Waals surface area contributed by atoms with Crippen molar-refractivity contribution in [3.8, 4) is 40.3 Å². The van der Waals surface area contributed by atoms with Gasteiger partial charge in [0, 0.05) is 49.3 Å². The summed E-state index contributed by atoms with van der Waals surface area (Å²) in [5, 5.41) is 27.7. The molecule has 254 valence electrons. The number of fused-ring (bicyclic) bond motifs is 10. The zero-order valence-corrected chi connectivity index (χ0v) is 29.5. The molecule has 0 N–H and O–H groups in total. The molecule has 0 spiro atoms. The van der Waals surface area contributed by atoms with Crippen LogP contribution < -0.4 is 0 Å². The molecule has 0 radical (unpaired) electrons. The van der Waals surface area contributed by atoms with Crippen LogP contribution in [0.4, 0.5) is 0 Å². The van der Waals surface area contributed by atoms with E-state index in [-0.39, 0.29) is 0 Å². The molecule has 5 heteroatoms. The minimum absolute atomic E-state index is 0.444. The van der Waals surface area contributed by atoms with Crippen molar-refractivity contribution in [2.45, 2.75) is 0 Å². The smallest absolute Gasteiger partial charge is 0.101 e. The third-order valence-electron chi connectivity index (χ3n) is 11.1. The Bertz CT molecular complexity index is 3380. The van der Waals surface area contributed by atoms with E-state index in [0.29, 0.717) is 11.1 Å². The van der Waals surface area contributed by atoms with Crippen LogP contribution in [0.15, 0.2) is 176 Å². The third kappa shape index (κ3) is 4.39. The molecule has 0 aliphatic rings. The zero-order valence-electron chi connectivity index (χ0n) is 29.5. The maximum Gasteiger partial charge on any atom is 0.101 e. The highest BCUT2D eigenvalue weighted by atomic mass is 15.0. The van der Waals surface area contributed by atoms with Gasteiger partial charge in [-0.05, 0) is 72.3 Å². The number of nitrogens with zero attached hydrogens (tertiary/aromatic N) is 5. The number of aromatic nitrogens is 3. The molecule has 0 bridgehead atoms. The van der Waals surface area contributed by atoms with Gasteiger partial charge in [0.1, 0.15) is 6.07 Å². The van der Waals surface area contributed by atoms with E-state index in [1.165, 1.54) is 21.5 Å². The molecule has 0 amide bonds. The lowest BCUT2D eigenvalue weighted by molar-refractivity contribution is 1.16. The Morgan fingerprint density at radius 2 is 0.909 bits per heavy atom. The lowest BCUT2D eigenvalue weighted by atomic mass is 9.96. The Balaban J connectivity index is 1.18. The van der Waals surface area contributed by atoms with Crippen LogP contribution in [-0.4, -0.2) is 13.7 Å². The van der Waals surface area contributed by atoms with E-state index in [2.05, 4.69) is 165 Å². The van der Waals surface area contributed by atoms with Crippen molar-refractivity contribution in [3.63, 3.8) is 0 Å². The first-order valence-corrected chi connectivity index (χ1v) is 18.3. The van der Waals surface area contributed by atoms with Gasteiger partial charge in [0.15, 0.2) is 0 Å². The highest BCUT2D eigenvalue weighted by Gasteiger charge is 2.23. The van der Waals surface area contributed by atoms with Crippen LogP contribution in [0.25, 0.3) is 93.6 Å². The van der Waals surface area contributed by atoms with Crippen LogP contribution in [0.3, 0.4) is 0 Å². The summed E-state index contributed by atoms with van der Waals surface area (Å²) in [4.78, 5) is 0. The topological polar surface area (TPSA) is 62.4 Å². The molecule has 8 aromatic carbocycles. The largest absolute Gasteiger partial charge is 0.309 e. The van der Waals surface area contributed by atoms with Crippen LogP contribution in [0.5, 0.6) is 0 Å². The summed E-state index contributed by atoms with van der Waals surface area (Å²) in [6, 6.07) is 65.9. The van der Waals surface area contributed by atoms with Gasteiger partial charge in [-0.2, -0.15) is 10.5 Å². The monoisotopic (exact) mass is 699 g/mol. The van der Waals surface area contributed by atoms with Crippen LogP contribution in [0.2, 0.25) is 0 Å². The number of nitriles is 2. The Labute approximate surface area is 316 Å².